The quantitative estimate of drug-likeness (QED) is 0.906. The van der Waals surface area contributed by atoms with E-state index in [-0.39, 0.29) is 18.5 Å². The van der Waals surface area contributed by atoms with Gasteiger partial charge in [-0.15, -0.1) is 5.10 Å². The Bertz CT molecular complexity index is 698. The van der Waals surface area contributed by atoms with Gasteiger partial charge in [0.1, 0.15) is 6.33 Å². The fourth-order valence-corrected chi connectivity index (χ4v) is 2.79. The highest BCUT2D eigenvalue weighted by atomic mass is 16.4. The van der Waals surface area contributed by atoms with Crippen LogP contribution in [0.4, 0.5) is 0 Å². The SMILES string of the molecule is CC1CCC(C(=O)O)CN1C(=O)c1ccc(-n2cnnn2)cc1. The zero-order valence-electron chi connectivity index (χ0n) is 12.7. The van der Waals surface area contributed by atoms with E-state index in [1.807, 2.05) is 6.92 Å². The summed E-state index contributed by atoms with van der Waals surface area (Å²) in [7, 11) is 0. The topological polar surface area (TPSA) is 101 Å². The van der Waals surface area contributed by atoms with Crippen molar-refractivity contribution in [2.45, 2.75) is 25.8 Å². The number of likely N-dealkylation sites (tertiary alicyclic amines) is 1. The standard InChI is InChI=1S/C15H17N5O3/c1-10-2-3-12(15(22)23)8-19(10)14(21)11-4-6-13(7-5-11)20-9-16-17-18-20/h4-7,9-10,12H,2-3,8H2,1H3,(H,22,23). The second-order valence-electron chi connectivity index (χ2n) is 5.72. The predicted molar refractivity (Wildman–Crippen MR) is 80.0 cm³/mol. The molecule has 1 aromatic heterocycles. The van der Waals surface area contributed by atoms with Crippen LogP contribution < -0.4 is 0 Å². The van der Waals surface area contributed by atoms with Crippen molar-refractivity contribution in [1.29, 1.82) is 0 Å². The highest BCUT2D eigenvalue weighted by molar-refractivity contribution is 5.95. The summed E-state index contributed by atoms with van der Waals surface area (Å²) in [6.07, 6.45) is 2.78. The fraction of sp³-hybridized carbons (Fsp3) is 0.400. The molecule has 8 nitrogen and oxygen atoms in total. The fourth-order valence-electron chi connectivity index (χ4n) is 2.79. The van der Waals surface area contributed by atoms with E-state index in [4.69, 9.17) is 0 Å². The Morgan fingerprint density at radius 2 is 1.96 bits per heavy atom. The summed E-state index contributed by atoms with van der Waals surface area (Å²) in [5.74, 6) is -1.48. The molecule has 0 spiro atoms. The van der Waals surface area contributed by atoms with Crippen molar-refractivity contribution >= 4 is 11.9 Å². The third-order valence-corrected chi connectivity index (χ3v) is 4.22. The molecule has 1 aliphatic rings. The monoisotopic (exact) mass is 315 g/mol. The molecule has 1 N–H and O–H groups in total. The van der Waals surface area contributed by atoms with Crippen LogP contribution >= 0.6 is 0 Å². The Morgan fingerprint density at radius 3 is 2.57 bits per heavy atom. The molecular formula is C15H17N5O3. The van der Waals surface area contributed by atoms with Crippen LogP contribution in [0, 0.1) is 5.92 Å². The summed E-state index contributed by atoms with van der Waals surface area (Å²) < 4.78 is 1.50. The Labute approximate surface area is 132 Å². The zero-order valence-corrected chi connectivity index (χ0v) is 12.7. The van der Waals surface area contributed by atoms with Gasteiger partial charge in [0.25, 0.3) is 5.91 Å². The van der Waals surface area contributed by atoms with Crippen molar-refractivity contribution in [2.24, 2.45) is 5.92 Å². The molecule has 1 saturated heterocycles. The maximum Gasteiger partial charge on any atom is 0.308 e. The molecule has 2 unspecified atom stereocenters. The van der Waals surface area contributed by atoms with E-state index in [0.717, 1.165) is 5.69 Å². The molecule has 1 fully saturated rings. The number of benzene rings is 1. The van der Waals surface area contributed by atoms with E-state index < -0.39 is 11.9 Å². The number of nitrogens with zero attached hydrogens (tertiary/aromatic N) is 5. The average molecular weight is 315 g/mol. The number of carbonyl (C=O) groups is 2. The maximum absolute atomic E-state index is 12.7. The van der Waals surface area contributed by atoms with Gasteiger partial charge in [-0.05, 0) is 54.5 Å². The Kier molecular flexibility index (Phi) is 4.05. The number of tetrazole rings is 1. The number of rotatable bonds is 3. The van der Waals surface area contributed by atoms with Gasteiger partial charge < -0.3 is 10.0 Å². The molecule has 1 amide bonds. The first-order chi connectivity index (χ1) is 11.1. The van der Waals surface area contributed by atoms with Gasteiger partial charge >= 0.3 is 5.97 Å². The molecule has 0 bridgehead atoms. The molecule has 0 radical (unpaired) electrons. The summed E-state index contributed by atoms with van der Waals surface area (Å²) in [6, 6.07) is 6.96. The minimum absolute atomic E-state index is 0.0392. The van der Waals surface area contributed by atoms with Crippen LogP contribution in [0.1, 0.15) is 30.1 Å². The van der Waals surface area contributed by atoms with E-state index in [1.165, 1.54) is 11.0 Å². The van der Waals surface area contributed by atoms with Gasteiger partial charge in [0.2, 0.25) is 0 Å². The second kappa shape index (κ2) is 6.15. The third kappa shape index (κ3) is 3.05. The van der Waals surface area contributed by atoms with Gasteiger partial charge in [-0.2, -0.15) is 0 Å². The van der Waals surface area contributed by atoms with Gasteiger partial charge in [0.15, 0.2) is 0 Å². The van der Waals surface area contributed by atoms with Crippen LogP contribution in [-0.4, -0.2) is 54.7 Å². The number of carboxylic acids is 1. The Hall–Kier alpha value is -2.77. The van der Waals surface area contributed by atoms with Gasteiger partial charge in [-0.1, -0.05) is 0 Å². The molecule has 1 aromatic carbocycles. The van der Waals surface area contributed by atoms with Crippen molar-refractivity contribution in [3.05, 3.63) is 36.2 Å². The number of aliphatic carboxylic acids is 1. The normalized spacial score (nSPS) is 21.2. The minimum Gasteiger partial charge on any atom is -0.481 e. The number of aromatic nitrogens is 4. The van der Waals surface area contributed by atoms with Crippen LogP contribution in [0.5, 0.6) is 0 Å². The highest BCUT2D eigenvalue weighted by Crippen LogP contribution is 2.24. The van der Waals surface area contributed by atoms with E-state index in [2.05, 4.69) is 15.5 Å². The van der Waals surface area contributed by atoms with Gasteiger partial charge in [0.05, 0.1) is 11.6 Å². The van der Waals surface area contributed by atoms with E-state index in [0.29, 0.717) is 18.4 Å². The van der Waals surface area contributed by atoms with Crippen molar-refractivity contribution in [3.63, 3.8) is 0 Å². The van der Waals surface area contributed by atoms with Crippen molar-refractivity contribution in [1.82, 2.24) is 25.1 Å². The van der Waals surface area contributed by atoms with E-state index in [1.54, 1.807) is 29.2 Å². The lowest BCUT2D eigenvalue weighted by atomic mass is 9.93. The molecule has 0 aliphatic carbocycles. The third-order valence-electron chi connectivity index (χ3n) is 4.22. The molecule has 2 heterocycles. The first kappa shape index (κ1) is 15.1. The largest absolute Gasteiger partial charge is 0.481 e. The average Bonchev–Trinajstić information content (AvgIpc) is 3.09. The minimum atomic E-state index is -0.844. The summed E-state index contributed by atoms with van der Waals surface area (Å²) in [6.45, 7) is 2.20. The zero-order chi connectivity index (χ0) is 16.4. The summed E-state index contributed by atoms with van der Waals surface area (Å²) in [5, 5.41) is 20.1. The Balaban J connectivity index is 1.77. The van der Waals surface area contributed by atoms with Gasteiger partial charge in [0, 0.05) is 18.2 Å². The number of hydrogen-bond acceptors (Lipinski definition) is 5. The lowest BCUT2D eigenvalue weighted by molar-refractivity contribution is -0.143. The van der Waals surface area contributed by atoms with Crippen LogP contribution in [0.25, 0.3) is 5.69 Å². The Morgan fingerprint density at radius 1 is 1.22 bits per heavy atom. The van der Waals surface area contributed by atoms with Crippen LogP contribution in [0.2, 0.25) is 0 Å². The first-order valence-corrected chi connectivity index (χ1v) is 7.43. The number of amides is 1. The number of carbonyl (C=O) groups excluding carboxylic acids is 1. The van der Waals surface area contributed by atoms with Crippen LogP contribution in [-0.2, 0) is 4.79 Å². The summed E-state index contributed by atoms with van der Waals surface area (Å²) in [5.41, 5.74) is 1.28. The van der Waals surface area contributed by atoms with Crippen molar-refractivity contribution in [2.75, 3.05) is 6.54 Å². The molecule has 120 valence electrons. The molecule has 2 aromatic rings. The molecule has 2 atom stereocenters. The van der Waals surface area contributed by atoms with Crippen LogP contribution in [0.15, 0.2) is 30.6 Å². The maximum atomic E-state index is 12.7. The molecule has 8 heteroatoms. The lowest BCUT2D eigenvalue weighted by Crippen LogP contribution is -2.47. The molecular weight excluding hydrogens is 298 g/mol. The van der Waals surface area contributed by atoms with Gasteiger partial charge in [-0.3, -0.25) is 9.59 Å². The number of piperidine rings is 1. The molecule has 23 heavy (non-hydrogen) atoms. The second-order valence-corrected chi connectivity index (χ2v) is 5.72. The highest BCUT2D eigenvalue weighted by Gasteiger charge is 2.32. The van der Waals surface area contributed by atoms with Gasteiger partial charge in [-0.25, -0.2) is 4.68 Å². The van der Waals surface area contributed by atoms with E-state index in [9.17, 15) is 14.7 Å². The van der Waals surface area contributed by atoms with Crippen LogP contribution in [0.3, 0.4) is 0 Å². The summed E-state index contributed by atoms with van der Waals surface area (Å²) >= 11 is 0. The number of carboxylic acid groups (broad SMARTS) is 1. The first-order valence-electron chi connectivity index (χ1n) is 7.43. The van der Waals surface area contributed by atoms with E-state index >= 15 is 0 Å². The molecule has 3 rings (SSSR count). The smallest absolute Gasteiger partial charge is 0.308 e. The lowest BCUT2D eigenvalue weighted by Gasteiger charge is -2.36. The molecule has 1 aliphatic heterocycles. The summed E-state index contributed by atoms with van der Waals surface area (Å²) in [4.78, 5) is 25.5. The van der Waals surface area contributed by atoms with Crippen molar-refractivity contribution in [3.8, 4) is 5.69 Å². The predicted octanol–water partition coefficient (Wildman–Crippen LogP) is 0.988. The van der Waals surface area contributed by atoms with Crippen molar-refractivity contribution < 1.29 is 14.7 Å². The molecule has 0 saturated carbocycles. The number of hydrogen-bond donors (Lipinski definition) is 1.